The van der Waals surface area contributed by atoms with E-state index in [-0.39, 0.29) is 6.61 Å². The van der Waals surface area contributed by atoms with Gasteiger partial charge in [0.25, 0.3) is 0 Å². The van der Waals surface area contributed by atoms with E-state index in [4.69, 9.17) is 10.9 Å². The number of hydrogen-bond donors (Lipinski definition) is 4. The molecule has 0 aliphatic carbocycles. The van der Waals surface area contributed by atoms with Crippen molar-refractivity contribution in [3.63, 3.8) is 0 Å². The first-order valence-corrected chi connectivity index (χ1v) is 5.66. The van der Waals surface area contributed by atoms with E-state index in [9.17, 15) is 0 Å². The van der Waals surface area contributed by atoms with E-state index in [2.05, 4.69) is 30.6 Å². The average Bonchev–Trinajstić information content (AvgIpc) is 2.89. The summed E-state index contributed by atoms with van der Waals surface area (Å²) in [4.78, 5) is 14.6. The van der Waals surface area contributed by atoms with Crippen LogP contribution in [0, 0.1) is 0 Å². The lowest BCUT2D eigenvalue weighted by atomic mass is 10.4. The van der Waals surface area contributed by atoms with Crippen molar-refractivity contribution in [2.75, 3.05) is 41.9 Å². The maximum atomic E-state index is 8.75. The first-order valence-electron chi connectivity index (χ1n) is 5.66. The highest BCUT2D eigenvalue weighted by Crippen LogP contribution is 2.17. The second kappa shape index (κ2) is 5.60. The van der Waals surface area contributed by atoms with Crippen LogP contribution in [0.15, 0.2) is 0 Å². The molecule has 0 unspecified atom stereocenters. The largest absolute Gasteiger partial charge is 0.395 e. The zero-order valence-electron chi connectivity index (χ0n) is 9.56. The summed E-state index contributed by atoms with van der Waals surface area (Å²) in [7, 11) is 0. The number of aromatic nitrogens is 3. The van der Waals surface area contributed by atoms with Gasteiger partial charge in [0.1, 0.15) is 0 Å². The van der Waals surface area contributed by atoms with E-state index in [0.717, 1.165) is 25.9 Å². The molecule has 94 valence electrons. The molecular weight excluding hydrogens is 222 g/mol. The molecule has 0 saturated carbocycles. The van der Waals surface area contributed by atoms with Crippen LogP contribution in [0.1, 0.15) is 12.8 Å². The summed E-state index contributed by atoms with van der Waals surface area (Å²) < 4.78 is 0. The van der Waals surface area contributed by atoms with Gasteiger partial charge in [-0.15, -0.1) is 0 Å². The zero-order valence-corrected chi connectivity index (χ0v) is 9.56. The maximum Gasteiger partial charge on any atom is 0.243 e. The lowest BCUT2D eigenvalue weighted by Gasteiger charge is -2.16. The normalized spacial score (nSPS) is 15.1. The molecule has 2 rings (SSSR count). The Morgan fingerprint density at radius 1 is 1.18 bits per heavy atom. The van der Waals surface area contributed by atoms with Gasteiger partial charge in [0.15, 0.2) is 0 Å². The van der Waals surface area contributed by atoms with Crippen LogP contribution >= 0.6 is 0 Å². The molecule has 0 spiro atoms. The Morgan fingerprint density at radius 2 is 1.88 bits per heavy atom. The van der Waals surface area contributed by atoms with Crippen molar-refractivity contribution < 1.29 is 5.11 Å². The number of nitrogens with one attached hydrogen (secondary N) is 2. The lowest BCUT2D eigenvalue weighted by molar-refractivity contribution is 0.311. The fraction of sp³-hybridized carbons (Fsp3) is 0.667. The molecule has 5 N–H and O–H groups in total. The van der Waals surface area contributed by atoms with E-state index in [1.807, 2.05) is 0 Å². The number of nitrogens with zero attached hydrogens (tertiary/aromatic N) is 4. The first kappa shape index (κ1) is 11.8. The van der Waals surface area contributed by atoms with E-state index in [1.54, 1.807) is 0 Å². The van der Waals surface area contributed by atoms with Gasteiger partial charge in [-0.2, -0.15) is 15.0 Å². The van der Waals surface area contributed by atoms with Gasteiger partial charge in [-0.3, -0.25) is 5.43 Å². The molecule has 0 amide bonds. The number of nitrogens with two attached hydrogens (primary N) is 1. The minimum atomic E-state index is 0.0239. The lowest BCUT2D eigenvalue weighted by Crippen LogP contribution is -2.23. The van der Waals surface area contributed by atoms with Gasteiger partial charge in [-0.05, 0) is 12.8 Å². The molecule has 1 aromatic heterocycles. The van der Waals surface area contributed by atoms with Gasteiger partial charge in [0, 0.05) is 19.6 Å². The quantitative estimate of drug-likeness (QED) is 0.389. The Bertz CT molecular complexity index is 366. The van der Waals surface area contributed by atoms with Crippen LogP contribution in [0.5, 0.6) is 0 Å². The van der Waals surface area contributed by atoms with Gasteiger partial charge in [-0.25, -0.2) is 5.84 Å². The van der Waals surface area contributed by atoms with E-state index in [0.29, 0.717) is 24.4 Å². The summed E-state index contributed by atoms with van der Waals surface area (Å²) in [5.74, 6) is 6.67. The van der Waals surface area contributed by atoms with E-state index in [1.165, 1.54) is 0 Å². The SMILES string of the molecule is NNc1nc(NCCO)nc(N2CCCC2)n1. The maximum absolute atomic E-state index is 8.75. The van der Waals surface area contributed by atoms with Crippen molar-refractivity contribution in [2.45, 2.75) is 12.8 Å². The molecule has 1 aliphatic rings. The van der Waals surface area contributed by atoms with Gasteiger partial charge in [-0.1, -0.05) is 0 Å². The molecule has 1 aliphatic heterocycles. The number of anilines is 3. The predicted molar refractivity (Wildman–Crippen MR) is 64.7 cm³/mol. The molecule has 1 aromatic rings. The molecular formula is C9H17N7O. The fourth-order valence-corrected chi connectivity index (χ4v) is 1.73. The number of hydrazine groups is 1. The topological polar surface area (TPSA) is 112 Å². The fourth-order valence-electron chi connectivity index (χ4n) is 1.73. The highest BCUT2D eigenvalue weighted by Gasteiger charge is 2.16. The molecule has 1 fully saturated rings. The van der Waals surface area contributed by atoms with Gasteiger partial charge in [0.05, 0.1) is 6.61 Å². The molecule has 0 aromatic carbocycles. The zero-order chi connectivity index (χ0) is 12.1. The molecule has 0 radical (unpaired) electrons. The Balaban J connectivity index is 2.18. The highest BCUT2D eigenvalue weighted by molar-refractivity contribution is 5.43. The van der Waals surface area contributed by atoms with Crippen molar-refractivity contribution in [1.82, 2.24) is 15.0 Å². The molecule has 8 nitrogen and oxygen atoms in total. The number of nitrogen functional groups attached to an aromatic ring is 1. The molecule has 0 bridgehead atoms. The number of aliphatic hydroxyl groups excluding tert-OH is 1. The van der Waals surface area contributed by atoms with Crippen LogP contribution in [0.3, 0.4) is 0 Å². The summed E-state index contributed by atoms with van der Waals surface area (Å²) >= 11 is 0. The van der Waals surface area contributed by atoms with Crippen molar-refractivity contribution in [3.8, 4) is 0 Å². The smallest absolute Gasteiger partial charge is 0.243 e. The van der Waals surface area contributed by atoms with Crippen LogP contribution in [0.2, 0.25) is 0 Å². The van der Waals surface area contributed by atoms with Crippen molar-refractivity contribution in [2.24, 2.45) is 5.84 Å². The van der Waals surface area contributed by atoms with Crippen LogP contribution < -0.4 is 21.5 Å². The third-order valence-electron chi connectivity index (χ3n) is 2.54. The molecule has 8 heteroatoms. The average molecular weight is 239 g/mol. The number of hydrogen-bond acceptors (Lipinski definition) is 8. The second-order valence-electron chi connectivity index (χ2n) is 3.77. The van der Waals surface area contributed by atoms with E-state index < -0.39 is 0 Å². The van der Waals surface area contributed by atoms with Crippen LogP contribution in [-0.2, 0) is 0 Å². The monoisotopic (exact) mass is 239 g/mol. The minimum Gasteiger partial charge on any atom is -0.395 e. The summed E-state index contributed by atoms with van der Waals surface area (Å²) in [5.41, 5.74) is 2.42. The van der Waals surface area contributed by atoms with Crippen molar-refractivity contribution in [1.29, 1.82) is 0 Å². The van der Waals surface area contributed by atoms with Crippen LogP contribution in [-0.4, -0.2) is 46.3 Å². The number of aliphatic hydroxyl groups is 1. The molecule has 2 heterocycles. The van der Waals surface area contributed by atoms with E-state index >= 15 is 0 Å². The van der Waals surface area contributed by atoms with Crippen LogP contribution in [0.25, 0.3) is 0 Å². The predicted octanol–water partition coefficient (Wildman–Crippen LogP) is -0.838. The van der Waals surface area contributed by atoms with Crippen molar-refractivity contribution in [3.05, 3.63) is 0 Å². The van der Waals surface area contributed by atoms with Crippen LogP contribution in [0.4, 0.5) is 17.8 Å². The molecule has 0 atom stereocenters. The summed E-state index contributed by atoms with van der Waals surface area (Å²) in [5, 5.41) is 11.6. The standard InChI is InChI=1S/C9H17N7O/c10-15-8-12-7(11-3-6-17)13-9(14-8)16-4-1-2-5-16/h17H,1-6,10H2,(H2,11,12,13,14,15). The third kappa shape index (κ3) is 2.92. The molecule has 1 saturated heterocycles. The Labute approximate surface area is 99.2 Å². The number of rotatable bonds is 5. The first-order chi connectivity index (χ1) is 8.33. The summed E-state index contributed by atoms with van der Waals surface area (Å²) in [6.45, 7) is 2.32. The van der Waals surface area contributed by atoms with Gasteiger partial charge < -0.3 is 15.3 Å². The van der Waals surface area contributed by atoms with Gasteiger partial charge >= 0.3 is 0 Å². The minimum absolute atomic E-state index is 0.0239. The summed E-state index contributed by atoms with van der Waals surface area (Å²) in [6, 6.07) is 0. The Kier molecular flexibility index (Phi) is 3.89. The summed E-state index contributed by atoms with van der Waals surface area (Å²) in [6.07, 6.45) is 2.30. The second-order valence-corrected chi connectivity index (χ2v) is 3.77. The van der Waals surface area contributed by atoms with Crippen molar-refractivity contribution >= 4 is 17.8 Å². The Morgan fingerprint density at radius 3 is 2.53 bits per heavy atom. The molecule has 17 heavy (non-hydrogen) atoms. The highest BCUT2D eigenvalue weighted by atomic mass is 16.3. The van der Waals surface area contributed by atoms with Gasteiger partial charge in [0.2, 0.25) is 17.8 Å². The third-order valence-corrected chi connectivity index (χ3v) is 2.54. The Hall–Kier alpha value is -1.67.